The molecule has 0 aliphatic carbocycles. The van der Waals surface area contributed by atoms with E-state index in [2.05, 4.69) is 4.99 Å². The Labute approximate surface area is 146 Å². The van der Waals surface area contributed by atoms with Crippen molar-refractivity contribution in [2.75, 3.05) is 14.2 Å². The minimum Gasteiger partial charge on any atom is -0.497 e. The third-order valence-electron chi connectivity index (χ3n) is 4.05. The van der Waals surface area contributed by atoms with Gasteiger partial charge in [-0.25, -0.2) is 9.79 Å². The van der Waals surface area contributed by atoms with Crippen molar-refractivity contribution in [1.82, 2.24) is 0 Å². The minimum atomic E-state index is -0.477. The lowest BCUT2D eigenvalue weighted by atomic mass is 10.1. The maximum atomic E-state index is 12.2. The molecule has 0 atom stereocenters. The number of rotatable bonds is 4. The number of cyclic esters (lactones) is 1. The molecule has 0 unspecified atom stereocenters. The fourth-order valence-electron chi connectivity index (χ4n) is 2.48. The lowest BCUT2D eigenvalue weighted by Crippen LogP contribution is -2.05. The molecule has 0 fully saturated rings. The van der Waals surface area contributed by atoms with Gasteiger partial charge in [-0.3, -0.25) is 0 Å². The first-order valence-electron chi connectivity index (χ1n) is 7.83. The van der Waals surface area contributed by atoms with Crippen LogP contribution in [0.3, 0.4) is 0 Å². The van der Waals surface area contributed by atoms with Gasteiger partial charge in [-0.15, -0.1) is 0 Å². The van der Waals surface area contributed by atoms with E-state index in [-0.39, 0.29) is 5.70 Å². The zero-order valence-corrected chi connectivity index (χ0v) is 14.6. The summed E-state index contributed by atoms with van der Waals surface area (Å²) < 4.78 is 15.8. The molecule has 0 radical (unpaired) electrons. The number of carbonyl (C=O) groups excluding carboxylic acids is 1. The van der Waals surface area contributed by atoms with Gasteiger partial charge in [-0.05, 0) is 60.9 Å². The Bertz CT molecular complexity index is 874. The highest BCUT2D eigenvalue weighted by Gasteiger charge is 2.24. The van der Waals surface area contributed by atoms with Crippen LogP contribution >= 0.6 is 0 Å². The van der Waals surface area contributed by atoms with Crippen LogP contribution in [-0.2, 0) is 9.53 Å². The second kappa shape index (κ2) is 6.81. The Balaban J connectivity index is 1.97. The Kier molecular flexibility index (Phi) is 4.57. The van der Waals surface area contributed by atoms with Gasteiger partial charge in [0.2, 0.25) is 5.90 Å². The molecule has 0 aromatic heterocycles. The molecule has 0 spiro atoms. The molecule has 2 aromatic rings. The molecule has 0 bridgehead atoms. The van der Waals surface area contributed by atoms with Gasteiger partial charge in [0.25, 0.3) is 0 Å². The highest BCUT2D eigenvalue weighted by Crippen LogP contribution is 2.26. The Hall–Kier alpha value is -3.08. The molecule has 1 heterocycles. The zero-order chi connectivity index (χ0) is 18.0. The van der Waals surface area contributed by atoms with E-state index in [1.165, 1.54) is 5.56 Å². The summed E-state index contributed by atoms with van der Waals surface area (Å²) in [6, 6.07) is 11.2. The molecule has 1 aliphatic heterocycles. The Morgan fingerprint density at radius 2 is 1.64 bits per heavy atom. The average Bonchev–Trinajstić information content (AvgIpc) is 2.97. The maximum absolute atomic E-state index is 12.2. The summed E-state index contributed by atoms with van der Waals surface area (Å²) in [4.78, 5) is 16.5. The first-order chi connectivity index (χ1) is 12.0. The summed E-state index contributed by atoms with van der Waals surface area (Å²) in [5, 5.41) is 0. The molecule has 5 nitrogen and oxygen atoms in total. The van der Waals surface area contributed by atoms with Crippen LogP contribution in [0.2, 0.25) is 0 Å². The lowest BCUT2D eigenvalue weighted by Gasteiger charge is -2.05. The van der Waals surface area contributed by atoms with Gasteiger partial charge < -0.3 is 14.2 Å². The number of carbonyl (C=O) groups is 1. The van der Waals surface area contributed by atoms with E-state index in [0.717, 1.165) is 16.7 Å². The van der Waals surface area contributed by atoms with Crippen LogP contribution in [0.1, 0.15) is 22.3 Å². The number of hydrogen-bond donors (Lipinski definition) is 0. The number of hydrogen-bond acceptors (Lipinski definition) is 5. The van der Waals surface area contributed by atoms with Crippen molar-refractivity contribution in [1.29, 1.82) is 0 Å². The topological polar surface area (TPSA) is 57.1 Å². The second-order valence-corrected chi connectivity index (χ2v) is 5.78. The molecule has 0 saturated heterocycles. The number of esters is 1. The molecule has 5 heteroatoms. The van der Waals surface area contributed by atoms with Crippen LogP contribution in [-0.4, -0.2) is 26.1 Å². The van der Waals surface area contributed by atoms with Crippen LogP contribution in [0, 0.1) is 13.8 Å². The van der Waals surface area contributed by atoms with Crippen molar-refractivity contribution >= 4 is 17.9 Å². The van der Waals surface area contributed by atoms with E-state index in [4.69, 9.17) is 14.2 Å². The number of aryl methyl sites for hydroxylation is 2. The van der Waals surface area contributed by atoms with Gasteiger partial charge in [0.15, 0.2) is 5.70 Å². The van der Waals surface area contributed by atoms with Crippen LogP contribution in [0.5, 0.6) is 11.5 Å². The summed E-state index contributed by atoms with van der Waals surface area (Å²) in [6.07, 6.45) is 1.65. The largest absolute Gasteiger partial charge is 0.497 e. The van der Waals surface area contributed by atoms with E-state index < -0.39 is 5.97 Å². The standard InChI is InChI=1S/C20H19NO4/c1-12-5-6-15(7-13(12)2)19-21-18(20(22)25-19)10-14-8-16(23-3)11-17(9-14)24-4/h5-11H,1-4H3/b18-10+. The summed E-state index contributed by atoms with van der Waals surface area (Å²) in [5.41, 5.74) is 4.05. The fraction of sp³-hybridized carbons (Fsp3) is 0.200. The molecule has 2 aromatic carbocycles. The second-order valence-electron chi connectivity index (χ2n) is 5.78. The highest BCUT2D eigenvalue weighted by atomic mass is 16.6. The number of ether oxygens (including phenoxy) is 3. The van der Waals surface area contributed by atoms with Gasteiger partial charge >= 0.3 is 5.97 Å². The zero-order valence-electron chi connectivity index (χ0n) is 14.6. The summed E-state index contributed by atoms with van der Waals surface area (Å²) in [5.74, 6) is 1.11. The highest BCUT2D eigenvalue weighted by molar-refractivity contribution is 6.12. The van der Waals surface area contributed by atoms with E-state index in [9.17, 15) is 4.79 Å². The predicted octanol–water partition coefficient (Wildman–Crippen LogP) is 3.67. The van der Waals surface area contributed by atoms with Gasteiger partial charge in [-0.2, -0.15) is 0 Å². The van der Waals surface area contributed by atoms with Gasteiger partial charge in [0, 0.05) is 11.6 Å². The molecule has 25 heavy (non-hydrogen) atoms. The summed E-state index contributed by atoms with van der Waals surface area (Å²) >= 11 is 0. The first kappa shape index (κ1) is 16.8. The van der Waals surface area contributed by atoms with E-state index >= 15 is 0 Å². The van der Waals surface area contributed by atoms with Crippen molar-refractivity contribution in [2.45, 2.75) is 13.8 Å². The van der Waals surface area contributed by atoms with Crippen LogP contribution in [0.25, 0.3) is 6.08 Å². The van der Waals surface area contributed by atoms with Gasteiger partial charge in [-0.1, -0.05) is 6.07 Å². The molecular formula is C20H19NO4. The number of nitrogens with zero attached hydrogens (tertiary/aromatic N) is 1. The van der Waals surface area contributed by atoms with Crippen molar-refractivity contribution in [3.05, 3.63) is 64.3 Å². The van der Waals surface area contributed by atoms with Crippen molar-refractivity contribution in [2.24, 2.45) is 4.99 Å². The van der Waals surface area contributed by atoms with Crippen LogP contribution in [0.4, 0.5) is 0 Å². The van der Waals surface area contributed by atoms with E-state index in [1.807, 2.05) is 32.0 Å². The molecular weight excluding hydrogens is 318 g/mol. The minimum absolute atomic E-state index is 0.239. The molecule has 0 saturated carbocycles. The summed E-state index contributed by atoms with van der Waals surface area (Å²) in [7, 11) is 3.15. The van der Waals surface area contributed by atoms with Gasteiger partial charge in [0.05, 0.1) is 14.2 Å². The first-order valence-corrected chi connectivity index (χ1v) is 7.83. The quantitative estimate of drug-likeness (QED) is 0.631. The number of methoxy groups -OCH3 is 2. The Morgan fingerprint density at radius 3 is 2.24 bits per heavy atom. The third-order valence-corrected chi connectivity index (χ3v) is 4.05. The van der Waals surface area contributed by atoms with Crippen molar-refractivity contribution in [3.8, 4) is 11.5 Å². The molecule has 1 aliphatic rings. The normalized spacial score (nSPS) is 15.1. The van der Waals surface area contributed by atoms with Crippen LogP contribution < -0.4 is 9.47 Å². The van der Waals surface area contributed by atoms with Crippen molar-refractivity contribution in [3.63, 3.8) is 0 Å². The monoisotopic (exact) mass is 337 g/mol. The maximum Gasteiger partial charge on any atom is 0.363 e. The van der Waals surface area contributed by atoms with E-state index in [1.54, 1.807) is 38.5 Å². The number of benzene rings is 2. The molecule has 3 rings (SSSR count). The number of aliphatic imine (C=N–C) groups is 1. The molecule has 0 N–H and O–H groups in total. The molecule has 0 amide bonds. The third kappa shape index (κ3) is 3.55. The average molecular weight is 337 g/mol. The molecule has 128 valence electrons. The SMILES string of the molecule is COc1cc(/C=C2/N=C(c3ccc(C)c(C)c3)OC2=O)cc(OC)c1. The Morgan fingerprint density at radius 1 is 0.960 bits per heavy atom. The fourth-order valence-corrected chi connectivity index (χ4v) is 2.48. The lowest BCUT2D eigenvalue weighted by molar-refractivity contribution is -0.129. The van der Waals surface area contributed by atoms with Gasteiger partial charge in [0.1, 0.15) is 11.5 Å². The summed E-state index contributed by atoms with van der Waals surface area (Å²) in [6.45, 7) is 4.04. The van der Waals surface area contributed by atoms with Crippen LogP contribution in [0.15, 0.2) is 47.1 Å². The van der Waals surface area contributed by atoms with E-state index in [0.29, 0.717) is 17.4 Å². The predicted molar refractivity (Wildman–Crippen MR) is 96.1 cm³/mol. The smallest absolute Gasteiger partial charge is 0.363 e. The van der Waals surface area contributed by atoms with Crippen molar-refractivity contribution < 1.29 is 19.0 Å².